The molecule has 0 aliphatic heterocycles. The summed E-state index contributed by atoms with van der Waals surface area (Å²) in [5.74, 6) is -0.225. The molecule has 2 nitrogen and oxygen atoms in total. The first-order valence-electron chi connectivity index (χ1n) is 2.61. The third kappa shape index (κ3) is 11.5. The molecule has 0 saturated heterocycles. The number of rotatable bonds is 0. The summed E-state index contributed by atoms with van der Waals surface area (Å²) in [7, 11) is 0. The predicted molar refractivity (Wildman–Crippen MR) is 31.5 cm³/mol. The van der Waals surface area contributed by atoms with Gasteiger partial charge in [0, 0.05) is 24.0 Å². The van der Waals surface area contributed by atoms with Gasteiger partial charge in [0.05, 0.1) is 0 Å². The number of carbonyl (C=O) groups is 1. The molecule has 0 fully saturated rings. The van der Waals surface area contributed by atoms with Crippen LogP contribution >= 0.6 is 0 Å². The van der Waals surface area contributed by atoms with E-state index in [9.17, 15) is 4.79 Å². The van der Waals surface area contributed by atoms with Crippen molar-refractivity contribution >= 4 is 5.97 Å². The van der Waals surface area contributed by atoms with Gasteiger partial charge in [-0.05, 0) is 20.8 Å². The van der Waals surface area contributed by atoms with Crippen LogP contribution in [0.3, 0.4) is 0 Å². The number of carbonyl (C=O) groups excluding carboxylic acids is 1. The fraction of sp³-hybridized carbons (Fsp3) is 0.833. The molecular formula is C6H12FeO2. The van der Waals surface area contributed by atoms with Crippen LogP contribution in [-0.4, -0.2) is 11.6 Å². The number of hydrogen-bond donors (Lipinski definition) is 0. The van der Waals surface area contributed by atoms with Gasteiger partial charge in [0.2, 0.25) is 0 Å². The molecule has 0 aromatic heterocycles. The van der Waals surface area contributed by atoms with Gasteiger partial charge in [-0.15, -0.1) is 0 Å². The predicted octanol–water partition coefficient (Wildman–Crippen LogP) is 1.35. The monoisotopic (exact) mass is 172 g/mol. The van der Waals surface area contributed by atoms with Gasteiger partial charge in [0.1, 0.15) is 5.60 Å². The van der Waals surface area contributed by atoms with Gasteiger partial charge >= 0.3 is 5.97 Å². The Hall–Kier alpha value is -0.0105. The van der Waals surface area contributed by atoms with Crippen LogP contribution in [0.25, 0.3) is 0 Å². The van der Waals surface area contributed by atoms with Crippen LogP contribution in [0.2, 0.25) is 0 Å². The zero-order valence-corrected chi connectivity index (χ0v) is 7.27. The zero-order valence-electron chi connectivity index (χ0n) is 6.17. The maximum absolute atomic E-state index is 10.2. The van der Waals surface area contributed by atoms with E-state index in [0.717, 1.165) is 0 Å². The summed E-state index contributed by atoms with van der Waals surface area (Å²) in [6, 6.07) is 0. The van der Waals surface area contributed by atoms with Crippen molar-refractivity contribution in [3.05, 3.63) is 0 Å². The van der Waals surface area contributed by atoms with Crippen molar-refractivity contribution in [2.24, 2.45) is 0 Å². The maximum Gasteiger partial charge on any atom is 0.303 e. The Balaban J connectivity index is 0. The van der Waals surface area contributed by atoms with E-state index in [1.54, 1.807) is 0 Å². The second-order valence-corrected chi connectivity index (χ2v) is 2.71. The Kier molecular flexibility index (Phi) is 5.10. The first-order valence-corrected chi connectivity index (χ1v) is 2.61. The van der Waals surface area contributed by atoms with Gasteiger partial charge in [0.15, 0.2) is 0 Å². The SMILES string of the molecule is CC(=O)OC(C)(C)C.[Fe]. The smallest absolute Gasteiger partial charge is 0.303 e. The molecule has 0 atom stereocenters. The van der Waals surface area contributed by atoms with Gasteiger partial charge < -0.3 is 4.74 Å². The average molecular weight is 172 g/mol. The molecule has 0 aliphatic carbocycles. The summed E-state index contributed by atoms with van der Waals surface area (Å²) in [5, 5.41) is 0. The van der Waals surface area contributed by atoms with Crippen LogP contribution in [0.1, 0.15) is 27.7 Å². The first-order chi connectivity index (χ1) is 3.42. The summed E-state index contributed by atoms with van der Waals surface area (Å²) < 4.78 is 4.80. The van der Waals surface area contributed by atoms with Crippen LogP contribution in [0.15, 0.2) is 0 Å². The Labute approximate surface area is 66.4 Å². The molecule has 0 unspecified atom stereocenters. The average Bonchev–Trinajstić information content (AvgIpc) is 1.21. The molecule has 56 valence electrons. The molecule has 0 spiro atoms. The summed E-state index contributed by atoms with van der Waals surface area (Å²) in [4.78, 5) is 10.2. The molecule has 0 amide bonds. The molecule has 3 heteroatoms. The van der Waals surface area contributed by atoms with Gasteiger partial charge in [-0.1, -0.05) is 0 Å². The van der Waals surface area contributed by atoms with E-state index in [-0.39, 0.29) is 28.6 Å². The van der Waals surface area contributed by atoms with Crippen LogP contribution in [0.4, 0.5) is 0 Å². The van der Waals surface area contributed by atoms with E-state index in [0.29, 0.717) is 0 Å². The Morgan fingerprint density at radius 2 is 1.67 bits per heavy atom. The Morgan fingerprint density at radius 1 is 1.33 bits per heavy atom. The van der Waals surface area contributed by atoms with Crippen LogP contribution in [0.5, 0.6) is 0 Å². The molecule has 0 aromatic rings. The van der Waals surface area contributed by atoms with E-state index in [1.807, 2.05) is 20.8 Å². The summed E-state index contributed by atoms with van der Waals surface area (Å²) in [5.41, 5.74) is -0.328. The Morgan fingerprint density at radius 3 is 1.67 bits per heavy atom. The normalized spacial score (nSPS) is 9.78. The van der Waals surface area contributed by atoms with Crippen molar-refractivity contribution in [1.82, 2.24) is 0 Å². The zero-order chi connectivity index (χ0) is 6.78. The van der Waals surface area contributed by atoms with E-state index >= 15 is 0 Å². The molecule has 0 aromatic carbocycles. The first kappa shape index (κ1) is 11.7. The molecule has 0 heterocycles. The Bertz CT molecular complexity index is 93.7. The van der Waals surface area contributed by atoms with Crippen LogP contribution in [0, 0.1) is 0 Å². The molecule has 0 bridgehead atoms. The largest absolute Gasteiger partial charge is 0.460 e. The topological polar surface area (TPSA) is 26.3 Å². The molecule has 0 radical (unpaired) electrons. The van der Waals surface area contributed by atoms with Crippen LogP contribution in [-0.2, 0) is 26.6 Å². The van der Waals surface area contributed by atoms with Gasteiger partial charge in [-0.3, -0.25) is 4.79 Å². The van der Waals surface area contributed by atoms with Crippen LogP contribution < -0.4 is 0 Å². The van der Waals surface area contributed by atoms with Crippen molar-refractivity contribution in [1.29, 1.82) is 0 Å². The fourth-order valence-corrected chi connectivity index (χ4v) is 0.431. The second kappa shape index (κ2) is 3.91. The van der Waals surface area contributed by atoms with Gasteiger partial charge in [0.25, 0.3) is 0 Å². The van der Waals surface area contributed by atoms with E-state index < -0.39 is 0 Å². The fourth-order valence-electron chi connectivity index (χ4n) is 0.431. The quantitative estimate of drug-likeness (QED) is 0.407. The van der Waals surface area contributed by atoms with Crippen molar-refractivity contribution in [2.45, 2.75) is 33.3 Å². The third-order valence-corrected chi connectivity index (χ3v) is 0.450. The molecule has 9 heavy (non-hydrogen) atoms. The minimum atomic E-state index is -0.328. The van der Waals surface area contributed by atoms with Gasteiger partial charge in [-0.2, -0.15) is 0 Å². The minimum Gasteiger partial charge on any atom is -0.460 e. The third-order valence-electron chi connectivity index (χ3n) is 0.450. The molecular weight excluding hydrogens is 160 g/mol. The number of esters is 1. The summed E-state index contributed by atoms with van der Waals surface area (Å²) in [6.07, 6.45) is 0. The van der Waals surface area contributed by atoms with E-state index in [1.165, 1.54) is 6.92 Å². The molecule has 0 N–H and O–H groups in total. The summed E-state index contributed by atoms with van der Waals surface area (Å²) >= 11 is 0. The standard InChI is InChI=1S/C6H12O2.Fe/c1-5(7)8-6(2,3)4;/h1-4H3;. The summed E-state index contributed by atoms with van der Waals surface area (Å²) in [6.45, 7) is 6.93. The van der Waals surface area contributed by atoms with E-state index in [4.69, 9.17) is 4.74 Å². The van der Waals surface area contributed by atoms with Gasteiger partial charge in [-0.25, -0.2) is 0 Å². The van der Waals surface area contributed by atoms with Crippen molar-refractivity contribution in [3.63, 3.8) is 0 Å². The van der Waals surface area contributed by atoms with E-state index in [2.05, 4.69) is 0 Å². The maximum atomic E-state index is 10.2. The molecule has 0 saturated carbocycles. The molecule has 0 rings (SSSR count). The number of hydrogen-bond acceptors (Lipinski definition) is 2. The van der Waals surface area contributed by atoms with Crippen molar-refractivity contribution in [3.8, 4) is 0 Å². The second-order valence-electron chi connectivity index (χ2n) is 2.71. The van der Waals surface area contributed by atoms with Crippen molar-refractivity contribution in [2.75, 3.05) is 0 Å². The van der Waals surface area contributed by atoms with Crippen molar-refractivity contribution < 1.29 is 26.6 Å². The molecule has 0 aliphatic rings. The number of ether oxygens (including phenoxy) is 1. The minimum absolute atomic E-state index is 0.